The van der Waals surface area contributed by atoms with Gasteiger partial charge >= 0.3 is 5.97 Å². The minimum atomic E-state index is -0.823. The Hall–Kier alpha value is -3.28. The second-order valence-electron chi connectivity index (χ2n) is 18.8. The van der Waals surface area contributed by atoms with E-state index in [1.54, 1.807) is 21.8 Å². The predicted molar refractivity (Wildman–Crippen MR) is 200 cm³/mol. The molecule has 0 amide bonds. The van der Waals surface area contributed by atoms with Gasteiger partial charge in [0.1, 0.15) is 42.5 Å². The molecule has 2 aliphatic heterocycles. The van der Waals surface area contributed by atoms with Gasteiger partial charge in [0.15, 0.2) is 23.5 Å². The summed E-state index contributed by atoms with van der Waals surface area (Å²) < 4.78 is 28.2. The third-order valence-corrected chi connectivity index (χ3v) is 15.4. The van der Waals surface area contributed by atoms with E-state index < -0.39 is 42.5 Å². The number of imidazole rings is 1. The van der Waals surface area contributed by atoms with Crippen molar-refractivity contribution in [2.45, 2.75) is 154 Å². The first kappa shape index (κ1) is 38.2. The number of ether oxygens (including phenoxy) is 4. The molecule has 6 fully saturated rings. The standard InChI is InChI=1S/C40H58N8O8/c1-20(24-7-8-25-31-26(14-29(51)40(24,25)5)39(4)11-10-23(49)12-21(39)13-27(31)50)6-9-30(52)53-17-22-15-47(46-45-22)16-28-33-34(56-38(2,3)55-33)37(54-28)48-19-44-32-35(41)42-18-43-36(32)48/h15,18-21,23-29,31,33-34,37,49-51H,6-14,16-17H2,1-5H3,(H2,41,42,43)/t20?,21?,23-,24-,25?,26?,27-,28?,29+,31?,33-,34-,37?,39+,40-/m1/s1. The van der Waals surface area contributed by atoms with Crippen LogP contribution in [0, 0.1) is 46.3 Å². The number of carbonyl (C=O) groups excluding carboxylic acids is 1. The maximum absolute atomic E-state index is 13.1. The highest BCUT2D eigenvalue weighted by molar-refractivity contribution is 5.81. The number of anilines is 1. The Morgan fingerprint density at radius 3 is 2.66 bits per heavy atom. The van der Waals surface area contributed by atoms with Crippen LogP contribution in [0.5, 0.6) is 0 Å². The molecule has 9 rings (SSSR count). The van der Waals surface area contributed by atoms with Crippen molar-refractivity contribution in [1.29, 1.82) is 0 Å². The number of aromatic nitrogens is 7. The van der Waals surface area contributed by atoms with Gasteiger partial charge in [0.2, 0.25) is 0 Å². The first-order chi connectivity index (χ1) is 26.7. The molecule has 3 aromatic heterocycles. The van der Waals surface area contributed by atoms with Gasteiger partial charge in [-0.2, -0.15) is 0 Å². The van der Waals surface area contributed by atoms with Gasteiger partial charge in [0.05, 0.1) is 37.4 Å². The number of hydrogen-bond donors (Lipinski definition) is 4. The molecule has 0 radical (unpaired) electrons. The highest BCUT2D eigenvalue weighted by atomic mass is 16.8. The van der Waals surface area contributed by atoms with E-state index in [1.807, 2.05) is 13.8 Å². The van der Waals surface area contributed by atoms with Gasteiger partial charge in [-0.1, -0.05) is 26.0 Å². The summed E-state index contributed by atoms with van der Waals surface area (Å²) in [5.74, 6) is 0.572. The topological polar surface area (TPSA) is 215 Å². The highest BCUT2D eigenvalue weighted by Gasteiger charge is 2.66. The third-order valence-electron chi connectivity index (χ3n) is 15.4. The molecular formula is C40H58N8O8. The van der Waals surface area contributed by atoms with Crippen molar-refractivity contribution in [3.8, 4) is 0 Å². The fraction of sp³-hybridized carbons (Fsp3) is 0.800. The molecule has 15 atom stereocenters. The minimum absolute atomic E-state index is 0.00188. The van der Waals surface area contributed by atoms with Gasteiger partial charge < -0.3 is 40.0 Å². The Labute approximate surface area is 326 Å². The van der Waals surface area contributed by atoms with Crippen LogP contribution in [0.2, 0.25) is 0 Å². The van der Waals surface area contributed by atoms with E-state index in [4.69, 9.17) is 24.7 Å². The monoisotopic (exact) mass is 778 g/mol. The summed E-state index contributed by atoms with van der Waals surface area (Å²) in [4.78, 5) is 25.9. The van der Waals surface area contributed by atoms with Gasteiger partial charge in [0.25, 0.3) is 0 Å². The van der Waals surface area contributed by atoms with Crippen LogP contribution in [-0.4, -0.2) is 98.2 Å². The van der Waals surface area contributed by atoms with Gasteiger partial charge in [0, 0.05) is 6.42 Å². The molecule has 7 unspecified atom stereocenters. The zero-order valence-electron chi connectivity index (χ0n) is 33.1. The van der Waals surface area contributed by atoms with Gasteiger partial charge in [-0.15, -0.1) is 5.10 Å². The van der Waals surface area contributed by atoms with E-state index in [0.717, 1.165) is 38.5 Å². The molecule has 16 nitrogen and oxygen atoms in total. The first-order valence-electron chi connectivity index (χ1n) is 20.7. The summed E-state index contributed by atoms with van der Waals surface area (Å²) in [5.41, 5.74) is 7.30. The predicted octanol–water partition coefficient (Wildman–Crippen LogP) is 3.54. The lowest BCUT2D eigenvalue weighted by Crippen LogP contribution is -2.62. The number of hydrogen-bond acceptors (Lipinski definition) is 14. The second-order valence-corrected chi connectivity index (χ2v) is 18.8. The Morgan fingerprint density at radius 1 is 1.04 bits per heavy atom. The number of nitrogen functional groups attached to an aromatic ring is 1. The molecule has 0 spiro atoms. The third kappa shape index (κ3) is 6.24. The molecule has 5 N–H and O–H groups in total. The Kier molecular flexibility index (Phi) is 9.52. The lowest BCUT2D eigenvalue weighted by atomic mass is 9.43. The smallest absolute Gasteiger partial charge is 0.306 e. The molecule has 3 aromatic rings. The van der Waals surface area contributed by atoms with Crippen LogP contribution in [0.1, 0.15) is 104 Å². The molecule has 5 heterocycles. The van der Waals surface area contributed by atoms with E-state index in [1.165, 1.54) is 6.33 Å². The molecule has 6 aliphatic rings. The van der Waals surface area contributed by atoms with Crippen molar-refractivity contribution in [2.75, 3.05) is 5.73 Å². The fourth-order valence-electron chi connectivity index (χ4n) is 12.7. The van der Waals surface area contributed by atoms with Crippen molar-refractivity contribution >= 4 is 23.0 Å². The van der Waals surface area contributed by atoms with Crippen molar-refractivity contribution in [2.24, 2.45) is 46.3 Å². The first-order valence-corrected chi connectivity index (χ1v) is 20.7. The summed E-state index contributed by atoms with van der Waals surface area (Å²) in [6.45, 7) is 10.9. The molecule has 2 saturated heterocycles. The summed E-state index contributed by atoms with van der Waals surface area (Å²) in [6.07, 6.45) is 8.61. The Morgan fingerprint density at radius 2 is 1.84 bits per heavy atom. The van der Waals surface area contributed by atoms with Gasteiger partial charge in [-0.05, 0) is 112 Å². The lowest BCUT2D eigenvalue weighted by Gasteiger charge is -2.63. The number of esters is 1. The van der Waals surface area contributed by atoms with Crippen molar-refractivity contribution in [3.63, 3.8) is 0 Å². The molecule has 0 bridgehead atoms. The summed E-state index contributed by atoms with van der Waals surface area (Å²) >= 11 is 0. The average molecular weight is 779 g/mol. The maximum Gasteiger partial charge on any atom is 0.306 e. The number of fused-ring (bicyclic) bond motifs is 7. The SMILES string of the molecule is CC(CCC(=O)OCc1cn(CC2OC(n3cnc4c(N)ncnc43)[C@@H]3OC(C)(C)O[C@H]23)nn1)[C@H]1CCC2C3C(C[C@H](O)[C@@]21C)[C@@]1(C)CC[C@@H](O)CC1C[C@H]3O. The summed E-state index contributed by atoms with van der Waals surface area (Å²) in [7, 11) is 0. The van der Waals surface area contributed by atoms with E-state index in [0.29, 0.717) is 42.2 Å². The van der Waals surface area contributed by atoms with Crippen LogP contribution < -0.4 is 5.73 Å². The van der Waals surface area contributed by atoms with Crippen LogP contribution >= 0.6 is 0 Å². The number of carbonyl (C=O) groups is 1. The maximum atomic E-state index is 13.1. The average Bonchev–Trinajstić information content (AvgIpc) is 3.97. The van der Waals surface area contributed by atoms with E-state index >= 15 is 0 Å². The molecule has 16 heteroatoms. The number of rotatable bonds is 9. The van der Waals surface area contributed by atoms with Crippen LogP contribution in [-0.2, 0) is 36.9 Å². The van der Waals surface area contributed by atoms with Gasteiger partial charge in [-0.3, -0.25) is 9.36 Å². The zero-order valence-corrected chi connectivity index (χ0v) is 33.1. The van der Waals surface area contributed by atoms with Crippen molar-refractivity contribution < 1.29 is 39.1 Å². The van der Waals surface area contributed by atoms with Crippen LogP contribution in [0.4, 0.5) is 5.82 Å². The largest absolute Gasteiger partial charge is 0.459 e. The quantitative estimate of drug-likeness (QED) is 0.229. The van der Waals surface area contributed by atoms with E-state index in [-0.39, 0.29) is 71.3 Å². The van der Waals surface area contributed by atoms with Crippen LogP contribution in [0.15, 0.2) is 18.9 Å². The van der Waals surface area contributed by atoms with Crippen molar-refractivity contribution in [1.82, 2.24) is 34.5 Å². The molecule has 4 aliphatic carbocycles. The lowest BCUT2D eigenvalue weighted by molar-refractivity contribution is -0.207. The van der Waals surface area contributed by atoms with Crippen molar-refractivity contribution in [3.05, 3.63) is 24.5 Å². The minimum Gasteiger partial charge on any atom is -0.459 e. The number of nitrogens with zero attached hydrogens (tertiary/aromatic N) is 7. The summed E-state index contributed by atoms with van der Waals surface area (Å²) in [5, 5.41) is 42.5. The molecule has 56 heavy (non-hydrogen) atoms. The Bertz CT molecular complexity index is 1940. The molecular weight excluding hydrogens is 720 g/mol. The van der Waals surface area contributed by atoms with Gasteiger partial charge in [-0.25, -0.2) is 19.6 Å². The van der Waals surface area contributed by atoms with E-state index in [9.17, 15) is 20.1 Å². The van der Waals surface area contributed by atoms with Crippen LogP contribution in [0.25, 0.3) is 11.2 Å². The molecule has 306 valence electrons. The second kappa shape index (κ2) is 13.9. The summed E-state index contributed by atoms with van der Waals surface area (Å²) in [6, 6.07) is 0. The van der Waals surface area contributed by atoms with E-state index in [2.05, 4.69) is 46.0 Å². The number of nitrogens with two attached hydrogens (primary N) is 1. The molecule has 4 saturated carbocycles. The fourth-order valence-corrected chi connectivity index (χ4v) is 12.7. The number of aliphatic hydroxyl groups is 3. The van der Waals surface area contributed by atoms with Crippen LogP contribution in [0.3, 0.4) is 0 Å². The Balaban J connectivity index is 0.793. The molecule has 0 aromatic carbocycles. The highest BCUT2D eigenvalue weighted by Crippen LogP contribution is 2.68. The number of aliphatic hydroxyl groups excluding tert-OH is 3. The zero-order chi connectivity index (χ0) is 39.3. The normalized spacial score (nSPS) is 41.9.